The molecule has 1 rings (SSSR count). The Kier molecular flexibility index (Phi) is 0.957. The minimum absolute atomic E-state index is 0.742. The van der Waals surface area contributed by atoms with Crippen molar-refractivity contribution < 1.29 is 4.42 Å². The topological polar surface area (TPSA) is 76.0 Å². The van der Waals surface area contributed by atoms with Gasteiger partial charge in [0.15, 0.2) is 0 Å². The molecule has 5 nitrogen and oxygen atoms in total. The van der Waals surface area contributed by atoms with Gasteiger partial charge in [-0.15, -0.1) is 0 Å². The Hall–Kier alpha value is -1.39. The lowest BCUT2D eigenvalue weighted by atomic mass is 10.9. The molecule has 0 saturated heterocycles. The van der Waals surface area contributed by atoms with E-state index in [9.17, 15) is 9.59 Å². The first-order chi connectivity index (χ1) is 3.79. The number of nitrogens with one attached hydrogen (secondary N) is 1. The summed E-state index contributed by atoms with van der Waals surface area (Å²) in [6.45, 7) is 0. The Morgan fingerprint density at radius 1 is 1.62 bits per heavy atom. The van der Waals surface area contributed by atoms with Crippen LogP contribution in [0, 0.1) is 0 Å². The van der Waals surface area contributed by atoms with Crippen molar-refractivity contribution in [3.63, 3.8) is 0 Å². The highest BCUT2D eigenvalue weighted by atomic mass is 16.4. The molecule has 0 atom stereocenters. The Labute approximate surface area is 43.0 Å². The van der Waals surface area contributed by atoms with E-state index < -0.39 is 11.4 Å². The summed E-state index contributed by atoms with van der Waals surface area (Å²) in [4.78, 5) is 20.0. The highest BCUT2D eigenvalue weighted by molar-refractivity contribution is 4.57. The SMILES string of the molecule is O=c1cn[nH]c(=O)o1. The van der Waals surface area contributed by atoms with Gasteiger partial charge in [-0.1, -0.05) is 0 Å². The molecule has 0 fully saturated rings. The zero-order valence-electron chi connectivity index (χ0n) is 3.75. The quantitative estimate of drug-likeness (QED) is 0.456. The van der Waals surface area contributed by atoms with Crippen LogP contribution in [0.4, 0.5) is 0 Å². The van der Waals surface area contributed by atoms with Crippen LogP contribution in [0.2, 0.25) is 0 Å². The molecule has 0 bridgehead atoms. The normalized spacial score (nSPS) is 9.00. The van der Waals surface area contributed by atoms with Crippen molar-refractivity contribution in [2.45, 2.75) is 0 Å². The van der Waals surface area contributed by atoms with E-state index in [1.807, 2.05) is 5.10 Å². The number of hydrogen-bond acceptors (Lipinski definition) is 4. The van der Waals surface area contributed by atoms with Crippen LogP contribution in [0.5, 0.6) is 0 Å². The van der Waals surface area contributed by atoms with Crippen LogP contribution in [0.3, 0.4) is 0 Å². The minimum Gasteiger partial charge on any atom is -0.371 e. The molecule has 0 aliphatic rings. The van der Waals surface area contributed by atoms with Crippen molar-refractivity contribution in [2.75, 3.05) is 0 Å². The number of hydrogen-bond donors (Lipinski definition) is 1. The van der Waals surface area contributed by atoms with Gasteiger partial charge in [0.1, 0.15) is 6.20 Å². The number of H-pyrrole nitrogens is 1. The van der Waals surface area contributed by atoms with Gasteiger partial charge >= 0.3 is 11.4 Å². The third-order valence-electron chi connectivity index (χ3n) is 0.519. The van der Waals surface area contributed by atoms with Crippen molar-refractivity contribution in [3.05, 3.63) is 27.2 Å². The van der Waals surface area contributed by atoms with Crippen LogP contribution in [0.1, 0.15) is 0 Å². The lowest BCUT2D eigenvalue weighted by molar-refractivity contribution is 0.432. The van der Waals surface area contributed by atoms with Crippen molar-refractivity contribution in [3.8, 4) is 0 Å². The largest absolute Gasteiger partial charge is 0.435 e. The third-order valence-corrected chi connectivity index (χ3v) is 0.519. The van der Waals surface area contributed by atoms with Gasteiger partial charge in [-0.2, -0.15) is 5.10 Å². The summed E-state index contributed by atoms with van der Waals surface area (Å²) in [7, 11) is 0. The molecule has 0 aliphatic heterocycles. The smallest absolute Gasteiger partial charge is 0.371 e. The van der Waals surface area contributed by atoms with Crippen molar-refractivity contribution in [2.24, 2.45) is 0 Å². The zero-order valence-corrected chi connectivity index (χ0v) is 3.75. The van der Waals surface area contributed by atoms with Gasteiger partial charge < -0.3 is 4.42 Å². The Bertz CT molecular complexity index is 247. The lowest BCUT2D eigenvalue weighted by Gasteiger charge is -1.73. The molecule has 1 aromatic rings. The van der Waals surface area contributed by atoms with Crippen LogP contribution in [0.25, 0.3) is 0 Å². The van der Waals surface area contributed by atoms with Crippen molar-refractivity contribution >= 4 is 0 Å². The molecule has 0 aliphatic carbocycles. The van der Waals surface area contributed by atoms with E-state index in [0.29, 0.717) is 0 Å². The fourth-order valence-electron chi connectivity index (χ4n) is 0.278. The number of nitrogens with zero attached hydrogens (tertiary/aromatic N) is 1. The van der Waals surface area contributed by atoms with Gasteiger partial charge in [-0.25, -0.2) is 14.7 Å². The van der Waals surface area contributed by atoms with Gasteiger partial charge in [-0.05, 0) is 0 Å². The molecule has 0 unspecified atom stereocenters. The fraction of sp³-hybridized carbons (Fsp3) is 0. The Morgan fingerprint density at radius 2 is 2.38 bits per heavy atom. The first-order valence-electron chi connectivity index (χ1n) is 1.84. The molecule has 8 heavy (non-hydrogen) atoms. The van der Waals surface area contributed by atoms with E-state index in [0.717, 1.165) is 6.20 Å². The maximum atomic E-state index is 10.0. The molecule has 1 N–H and O–H groups in total. The maximum absolute atomic E-state index is 10.0. The number of aromatic amines is 1. The van der Waals surface area contributed by atoms with Crippen molar-refractivity contribution in [1.29, 1.82) is 0 Å². The molecule has 0 amide bonds. The molecule has 0 spiro atoms. The fourth-order valence-corrected chi connectivity index (χ4v) is 0.278. The summed E-state index contributed by atoms with van der Waals surface area (Å²) in [6.07, 6.45) is 0.876. The average Bonchev–Trinajstić information content (AvgIpc) is 1.64. The summed E-state index contributed by atoms with van der Waals surface area (Å²) in [5.74, 6) is -0.836. The van der Waals surface area contributed by atoms with Crippen LogP contribution < -0.4 is 11.4 Å². The molecule has 42 valence electrons. The standard InChI is InChI=1S/C3H2N2O3/c6-2-1-4-5-3(7)8-2/h1H,(H,5,7). The zero-order chi connectivity index (χ0) is 5.98. The van der Waals surface area contributed by atoms with Gasteiger partial charge in [0, 0.05) is 0 Å². The van der Waals surface area contributed by atoms with Gasteiger partial charge in [0.2, 0.25) is 0 Å². The van der Waals surface area contributed by atoms with E-state index in [1.165, 1.54) is 0 Å². The maximum Gasteiger partial charge on any atom is 0.435 e. The predicted octanol–water partition coefficient (Wildman–Crippen LogP) is -1.28. The summed E-state index contributed by atoms with van der Waals surface area (Å²) in [5.41, 5.74) is -0.742. The predicted molar refractivity (Wildman–Crippen MR) is 23.4 cm³/mol. The minimum atomic E-state index is -0.836. The first kappa shape index (κ1) is 4.76. The summed E-state index contributed by atoms with van der Waals surface area (Å²) < 4.78 is 3.95. The molecular weight excluding hydrogens is 112 g/mol. The van der Waals surface area contributed by atoms with E-state index in [4.69, 9.17) is 0 Å². The molecule has 0 saturated carbocycles. The Morgan fingerprint density at radius 3 is 2.75 bits per heavy atom. The lowest BCUT2D eigenvalue weighted by Crippen LogP contribution is -2.14. The summed E-state index contributed by atoms with van der Waals surface area (Å²) >= 11 is 0. The highest BCUT2D eigenvalue weighted by Crippen LogP contribution is 1.47. The van der Waals surface area contributed by atoms with Gasteiger partial charge in [-0.3, -0.25) is 0 Å². The molecule has 0 radical (unpaired) electrons. The van der Waals surface area contributed by atoms with E-state index in [1.54, 1.807) is 0 Å². The monoisotopic (exact) mass is 114 g/mol. The second-order valence-corrected chi connectivity index (χ2v) is 1.08. The molecule has 5 heteroatoms. The summed E-state index contributed by atoms with van der Waals surface area (Å²) in [5, 5.41) is 5.04. The van der Waals surface area contributed by atoms with Gasteiger partial charge in [0.25, 0.3) is 0 Å². The van der Waals surface area contributed by atoms with Crippen LogP contribution >= 0.6 is 0 Å². The third kappa shape index (κ3) is 0.810. The second-order valence-electron chi connectivity index (χ2n) is 1.08. The molecule has 1 aromatic heterocycles. The van der Waals surface area contributed by atoms with E-state index in [2.05, 4.69) is 9.52 Å². The Balaban J connectivity index is 3.50. The van der Waals surface area contributed by atoms with E-state index >= 15 is 0 Å². The van der Waals surface area contributed by atoms with Gasteiger partial charge in [0.05, 0.1) is 0 Å². The molecule has 1 heterocycles. The molecular formula is C3H2N2O3. The van der Waals surface area contributed by atoms with Crippen molar-refractivity contribution in [1.82, 2.24) is 10.2 Å². The summed E-state index contributed by atoms with van der Waals surface area (Å²) in [6, 6.07) is 0. The van der Waals surface area contributed by atoms with E-state index in [-0.39, 0.29) is 0 Å². The van der Waals surface area contributed by atoms with Crippen LogP contribution in [0.15, 0.2) is 20.2 Å². The highest BCUT2D eigenvalue weighted by Gasteiger charge is 1.82. The number of rotatable bonds is 0. The number of aromatic nitrogens is 2. The van der Waals surface area contributed by atoms with Crippen LogP contribution in [-0.2, 0) is 0 Å². The average molecular weight is 114 g/mol. The first-order valence-corrected chi connectivity index (χ1v) is 1.84. The second kappa shape index (κ2) is 1.61. The van der Waals surface area contributed by atoms with Crippen LogP contribution in [-0.4, -0.2) is 10.2 Å². The molecule has 0 aromatic carbocycles.